The fraction of sp³-hybridized carbons (Fsp3) is 0.318. The van der Waals surface area contributed by atoms with Crippen LogP contribution in [-0.4, -0.2) is 27.3 Å². The van der Waals surface area contributed by atoms with Gasteiger partial charge in [-0.05, 0) is 48.2 Å². The Morgan fingerprint density at radius 2 is 1.96 bits per heavy atom. The van der Waals surface area contributed by atoms with Gasteiger partial charge in [-0.25, -0.2) is 14.5 Å². The highest BCUT2D eigenvalue weighted by atomic mass is 16.2. The summed E-state index contributed by atoms with van der Waals surface area (Å²) >= 11 is 0. The molecule has 0 unspecified atom stereocenters. The van der Waals surface area contributed by atoms with Gasteiger partial charge in [0.05, 0.1) is 0 Å². The van der Waals surface area contributed by atoms with Crippen LogP contribution in [0.1, 0.15) is 36.8 Å². The molecule has 3 heterocycles. The summed E-state index contributed by atoms with van der Waals surface area (Å²) in [6.45, 7) is 1.24. The van der Waals surface area contributed by atoms with E-state index in [0.717, 1.165) is 23.6 Å². The maximum atomic E-state index is 13.0. The molecular formula is C22H23N5O. The molecule has 0 radical (unpaired) electrons. The molecule has 6 nitrogen and oxygen atoms in total. The monoisotopic (exact) mass is 373 g/mol. The van der Waals surface area contributed by atoms with Gasteiger partial charge in [-0.1, -0.05) is 31.0 Å². The maximum absolute atomic E-state index is 13.0. The molecule has 1 aromatic carbocycles. The van der Waals surface area contributed by atoms with Crippen molar-refractivity contribution in [1.82, 2.24) is 20.1 Å². The first-order chi connectivity index (χ1) is 13.8. The zero-order valence-electron chi connectivity index (χ0n) is 15.7. The van der Waals surface area contributed by atoms with Crippen molar-refractivity contribution in [2.24, 2.45) is 0 Å². The highest BCUT2D eigenvalue weighted by molar-refractivity contribution is 5.95. The van der Waals surface area contributed by atoms with E-state index in [4.69, 9.17) is 0 Å². The minimum Gasteiger partial charge on any atom is -0.334 e. The fourth-order valence-corrected chi connectivity index (χ4v) is 4.66. The Hall–Kier alpha value is -3.15. The summed E-state index contributed by atoms with van der Waals surface area (Å²) in [7, 11) is 0. The molecule has 2 amide bonds. The van der Waals surface area contributed by atoms with Gasteiger partial charge < -0.3 is 5.32 Å². The normalized spacial score (nSPS) is 17.1. The average molecular weight is 373 g/mol. The van der Waals surface area contributed by atoms with Crippen LogP contribution in [-0.2, 0) is 12.0 Å². The van der Waals surface area contributed by atoms with Gasteiger partial charge in [-0.15, -0.1) is 0 Å². The number of aromatic nitrogens is 3. The number of benzene rings is 1. The standard InChI is InChI=1S/C22H23N5O/c28-21(24-15-17-8-12-23-20(14-17)27-13-5-11-25-27)26-16-22(9-3-4-10-22)18-6-1-2-7-19(18)26/h1-2,5-8,11-14H,3-4,9-10,15-16H2,(H,24,28). The lowest BCUT2D eigenvalue weighted by molar-refractivity contribution is 0.245. The molecule has 0 saturated heterocycles. The van der Waals surface area contributed by atoms with E-state index >= 15 is 0 Å². The number of urea groups is 1. The van der Waals surface area contributed by atoms with Crippen LogP contribution >= 0.6 is 0 Å². The molecule has 2 aromatic heterocycles. The molecular weight excluding hydrogens is 350 g/mol. The zero-order valence-corrected chi connectivity index (χ0v) is 15.7. The van der Waals surface area contributed by atoms with Gasteiger partial charge in [0.1, 0.15) is 0 Å². The summed E-state index contributed by atoms with van der Waals surface area (Å²) in [4.78, 5) is 19.3. The first kappa shape index (κ1) is 17.0. The fourth-order valence-electron chi connectivity index (χ4n) is 4.66. The Bertz CT molecular complexity index is 992. The van der Waals surface area contributed by atoms with Gasteiger partial charge >= 0.3 is 6.03 Å². The second-order valence-electron chi connectivity index (χ2n) is 7.72. The Kier molecular flexibility index (Phi) is 4.11. The summed E-state index contributed by atoms with van der Waals surface area (Å²) in [6, 6.07) is 14.1. The van der Waals surface area contributed by atoms with Crippen molar-refractivity contribution in [2.75, 3.05) is 11.4 Å². The van der Waals surface area contributed by atoms with E-state index in [2.05, 4.69) is 33.6 Å². The number of hydrogen-bond acceptors (Lipinski definition) is 3. The van der Waals surface area contributed by atoms with Crippen LogP contribution < -0.4 is 10.2 Å². The van der Waals surface area contributed by atoms with Crippen molar-refractivity contribution in [3.8, 4) is 5.82 Å². The summed E-state index contributed by atoms with van der Waals surface area (Å²) < 4.78 is 1.71. The molecule has 3 aromatic rings. The van der Waals surface area contributed by atoms with Gasteiger partial charge in [0.25, 0.3) is 0 Å². The van der Waals surface area contributed by atoms with Crippen molar-refractivity contribution in [3.63, 3.8) is 0 Å². The number of nitrogens with zero attached hydrogens (tertiary/aromatic N) is 4. The van der Waals surface area contributed by atoms with E-state index in [1.807, 2.05) is 35.4 Å². The third kappa shape index (κ3) is 2.85. The number of rotatable bonds is 3. The van der Waals surface area contributed by atoms with Crippen molar-refractivity contribution in [3.05, 3.63) is 72.2 Å². The third-order valence-electron chi connectivity index (χ3n) is 6.03. The van der Waals surface area contributed by atoms with Gasteiger partial charge in [0.15, 0.2) is 5.82 Å². The van der Waals surface area contributed by atoms with Crippen molar-refractivity contribution < 1.29 is 4.79 Å². The minimum atomic E-state index is -0.0336. The predicted octanol–water partition coefficient (Wildman–Crippen LogP) is 3.81. The van der Waals surface area contributed by atoms with Crippen LogP contribution in [0.15, 0.2) is 61.1 Å². The molecule has 1 saturated carbocycles. The number of carbonyl (C=O) groups is 1. The number of fused-ring (bicyclic) bond motifs is 2. The van der Waals surface area contributed by atoms with Crippen LogP contribution in [0, 0.1) is 0 Å². The Morgan fingerprint density at radius 1 is 1.11 bits per heavy atom. The van der Waals surface area contributed by atoms with Crippen molar-refractivity contribution >= 4 is 11.7 Å². The molecule has 5 rings (SSSR count). The van der Waals surface area contributed by atoms with Gasteiger partial charge in [-0.3, -0.25) is 4.90 Å². The Labute approximate surface area is 164 Å². The van der Waals surface area contributed by atoms with Gasteiger partial charge in [0.2, 0.25) is 0 Å². The van der Waals surface area contributed by atoms with E-state index in [1.165, 1.54) is 31.2 Å². The van der Waals surface area contributed by atoms with Gasteiger partial charge in [-0.2, -0.15) is 5.10 Å². The molecule has 28 heavy (non-hydrogen) atoms. The third-order valence-corrected chi connectivity index (χ3v) is 6.03. The number of nitrogens with one attached hydrogen (secondary N) is 1. The molecule has 1 aliphatic heterocycles. The number of amides is 2. The number of pyridine rings is 1. The summed E-state index contributed by atoms with van der Waals surface area (Å²) in [5.74, 6) is 0.744. The maximum Gasteiger partial charge on any atom is 0.322 e. The molecule has 1 fully saturated rings. The summed E-state index contributed by atoms with van der Waals surface area (Å²) in [6.07, 6.45) is 10.2. The second kappa shape index (κ2) is 6.78. The predicted molar refractivity (Wildman–Crippen MR) is 108 cm³/mol. The van der Waals surface area contributed by atoms with E-state index in [9.17, 15) is 4.79 Å². The number of carbonyl (C=O) groups excluding carboxylic acids is 1. The topological polar surface area (TPSA) is 63.1 Å². The van der Waals surface area contributed by atoms with Crippen LogP contribution in [0.4, 0.5) is 10.5 Å². The molecule has 1 aliphatic carbocycles. The summed E-state index contributed by atoms with van der Waals surface area (Å²) in [5, 5.41) is 7.30. The highest BCUT2D eigenvalue weighted by Gasteiger charge is 2.45. The van der Waals surface area contributed by atoms with E-state index in [-0.39, 0.29) is 11.4 Å². The average Bonchev–Trinajstić information content (AvgIpc) is 3.49. The van der Waals surface area contributed by atoms with Crippen molar-refractivity contribution in [2.45, 2.75) is 37.6 Å². The van der Waals surface area contributed by atoms with E-state index in [0.29, 0.717) is 6.54 Å². The van der Waals surface area contributed by atoms with Crippen LogP contribution in [0.2, 0.25) is 0 Å². The number of para-hydroxylation sites is 1. The van der Waals surface area contributed by atoms with E-state index < -0.39 is 0 Å². The molecule has 0 bridgehead atoms. The molecule has 6 heteroatoms. The van der Waals surface area contributed by atoms with Crippen molar-refractivity contribution in [1.29, 1.82) is 0 Å². The molecule has 1 spiro atoms. The van der Waals surface area contributed by atoms with E-state index in [1.54, 1.807) is 17.1 Å². The largest absolute Gasteiger partial charge is 0.334 e. The summed E-state index contributed by atoms with van der Waals surface area (Å²) in [5.41, 5.74) is 3.55. The van der Waals surface area contributed by atoms with Crippen LogP contribution in [0.5, 0.6) is 0 Å². The quantitative estimate of drug-likeness (QED) is 0.759. The molecule has 142 valence electrons. The first-order valence-electron chi connectivity index (χ1n) is 9.85. The Morgan fingerprint density at radius 3 is 2.79 bits per heavy atom. The van der Waals surface area contributed by atoms with Crippen LogP contribution in [0.3, 0.4) is 0 Å². The first-order valence-corrected chi connectivity index (χ1v) is 9.85. The SMILES string of the molecule is O=C(NCc1ccnc(-n2cccn2)c1)N1CC2(CCCC2)c2ccccc21. The number of anilines is 1. The second-order valence-corrected chi connectivity index (χ2v) is 7.72. The molecule has 1 N–H and O–H groups in total. The Balaban J connectivity index is 1.32. The lowest BCUT2D eigenvalue weighted by atomic mass is 9.81. The molecule has 0 atom stereocenters. The van der Waals surface area contributed by atoms with Gasteiger partial charge in [0, 0.05) is 42.8 Å². The lowest BCUT2D eigenvalue weighted by Crippen LogP contribution is -2.41. The minimum absolute atomic E-state index is 0.0336. The van der Waals surface area contributed by atoms with Crippen LogP contribution in [0.25, 0.3) is 5.82 Å². The zero-order chi connectivity index (χ0) is 19.0. The number of hydrogen-bond donors (Lipinski definition) is 1. The smallest absolute Gasteiger partial charge is 0.322 e. The lowest BCUT2D eigenvalue weighted by Gasteiger charge is -2.24. The highest BCUT2D eigenvalue weighted by Crippen LogP contribution is 2.50. The molecule has 2 aliphatic rings.